The molecule has 0 spiro atoms. The van der Waals surface area contributed by atoms with Crippen molar-refractivity contribution in [2.45, 2.75) is 25.6 Å². The molecule has 1 atom stereocenters. The van der Waals surface area contributed by atoms with E-state index in [0.29, 0.717) is 5.69 Å². The molecule has 1 aliphatic rings. The van der Waals surface area contributed by atoms with Crippen LogP contribution >= 0.6 is 15.9 Å². The second-order valence-corrected chi connectivity index (χ2v) is 4.83. The first kappa shape index (κ1) is 12.5. The van der Waals surface area contributed by atoms with E-state index < -0.39 is 12.3 Å². The van der Waals surface area contributed by atoms with Gasteiger partial charge in [0.05, 0.1) is 5.69 Å². The van der Waals surface area contributed by atoms with Crippen molar-refractivity contribution in [1.82, 2.24) is 0 Å². The lowest BCUT2D eigenvalue weighted by molar-refractivity contribution is -0.189. The van der Waals surface area contributed by atoms with Crippen LogP contribution in [-0.4, -0.2) is 18.8 Å². The molecule has 0 fully saturated rings. The lowest BCUT2D eigenvalue weighted by Crippen LogP contribution is -2.31. The van der Waals surface area contributed by atoms with Crippen molar-refractivity contribution < 1.29 is 17.9 Å². The second kappa shape index (κ2) is 4.40. The van der Waals surface area contributed by atoms with Gasteiger partial charge in [-0.1, -0.05) is 15.9 Å². The minimum absolute atomic E-state index is 0.247. The van der Waals surface area contributed by atoms with Crippen LogP contribution in [0.15, 0.2) is 16.6 Å². The first-order chi connectivity index (χ1) is 7.88. The number of hydrogen-bond acceptors (Lipinski definition) is 2. The van der Waals surface area contributed by atoms with E-state index in [-0.39, 0.29) is 5.75 Å². The smallest absolute Gasteiger partial charge is 0.425 e. The molecule has 2 nitrogen and oxygen atoms in total. The molecule has 1 N–H and O–H groups in total. The summed E-state index contributed by atoms with van der Waals surface area (Å²) in [5.74, 6) is 0.247. The maximum absolute atomic E-state index is 12.4. The van der Waals surface area contributed by atoms with Crippen LogP contribution in [0.5, 0.6) is 5.75 Å². The number of fused-ring (bicyclic) bond motifs is 1. The Labute approximate surface area is 105 Å². The van der Waals surface area contributed by atoms with Crippen LogP contribution in [0.1, 0.15) is 12.5 Å². The van der Waals surface area contributed by atoms with Gasteiger partial charge < -0.3 is 10.1 Å². The molecule has 6 heteroatoms. The molecule has 17 heavy (non-hydrogen) atoms. The van der Waals surface area contributed by atoms with Gasteiger partial charge in [-0.25, -0.2) is 0 Å². The van der Waals surface area contributed by atoms with E-state index in [4.69, 9.17) is 4.74 Å². The standard InChI is InChI=1S/C11H11BrF3NO/c1-6(11(13,14)15)17-9-5-8(12)4-7-2-3-16-10(7)9/h4-6,16H,2-3H2,1H3. The summed E-state index contributed by atoms with van der Waals surface area (Å²) in [6, 6.07) is 3.44. The molecule has 0 saturated heterocycles. The third-order valence-electron chi connectivity index (χ3n) is 2.61. The van der Waals surface area contributed by atoms with Crippen LogP contribution in [0.4, 0.5) is 18.9 Å². The molecule has 1 unspecified atom stereocenters. The predicted octanol–water partition coefficient (Wildman–Crippen LogP) is 3.75. The number of hydrogen-bond donors (Lipinski definition) is 1. The maximum Gasteiger partial charge on any atom is 0.425 e. The van der Waals surface area contributed by atoms with Gasteiger partial charge in [0.15, 0.2) is 6.10 Å². The normalized spacial score (nSPS) is 16.3. The molecule has 0 bridgehead atoms. The molecule has 0 radical (unpaired) electrons. The Morgan fingerprint density at radius 3 is 2.76 bits per heavy atom. The summed E-state index contributed by atoms with van der Waals surface area (Å²) in [4.78, 5) is 0. The number of nitrogens with one attached hydrogen (secondary N) is 1. The Morgan fingerprint density at radius 1 is 1.41 bits per heavy atom. The van der Waals surface area contributed by atoms with Gasteiger partial charge in [-0.05, 0) is 31.0 Å². The largest absolute Gasteiger partial charge is 0.479 e. The van der Waals surface area contributed by atoms with E-state index in [0.717, 1.165) is 29.9 Å². The summed E-state index contributed by atoms with van der Waals surface area (Å²) in [5.41, 5.74) is 1.65. The quantitative estimate of drug-likeness (QED) is 0.898. The third kappa shape index (κ3) is 2.68. The summed E-state index contributed by atoms with van der Waals surface area (Å²) < 4.78 is 43.0. The van der Waals surface area contributed by atoms with Crippen molar-refractivity contribution in [2.24, 2.45) is 0 Å². The van der Waals surface area contributed by atoms with Crippen LogP contribution in [0.3, 0.4) is 0 Å². The van der Waals surface area contributed by atoms with Gasteiger partial charge in [0.2, 0.25) is 0 Å². The van der Waals surface area contributed by atoms with Crippen LogP contribution in [0.25, 0.3) is 0 Å². The van der Waals surface area contributed by atoms with E-state index >= 15 is 0 Å². The van der Waals surface area contributed by atoms with Gasteiger partial charge in [-0.15, -0.1) is 0 Å². The zero-order valence-corrected chi connectivity index (χ0v) is 10.7. The first-order valence-corrected chi connectivity index (χ1v) is 5.97. The molecule has 1 heterocycles. The molecule has 1 aromatic rings. The average molecular weight is 310 g/mol. The van der Waals surface area contributed by atoms with Crippen molar-refractivity contribution in [1.29, 1.82) is 0 Å². The lowest BCUT2D eigenvalue weighted by Gasteiger charge is -2.19. The van der Waals surface area contributed by atoms with Crippen LogP contribution < -0.4 is 10.1 Å². The van der Waals surface area contributed by atoms with Crippen LogP contribution in [0, 0.1) is 0 Å². The molecule has 94 valence electrons. The molecular formula is C11H11BrF3NO. The van der Waals surface area contributed by atoms with E-state index in [1.807, 2.05) is 6.07 Å². The fraction of sp³-hybridized carbons (Fsp3) is 0.455. The van der Waals surface area contributed by atoms with Crippen LogP contribution in [-0.2, 0) is 6.42 Å². The Kier molecular flexibility index (Phi) is 3.25. The number of halogens is 4. The van der Waals surface area contributed by atoms with E-state index in [9.17, 15) is 13.2 Å². The summed E-state index contributed by atoms with van der Waals surface area (Å²) in [7, 11) is 0. The maximum atomic E-state index is 12.4. The summed E-state index contributed by atoms with van der Waals surface area (Å²) in [5, 5.41) is 3.04. The molecule has 2 rings (SSSR count). The van der Waals surface area contributed by atoms with Crippen molar-refractivity contribution in [3.8, 4) is 5.75 Å². The molecule has 0 amide bonds. The second-order valence-electron chi connectivity index (χ2n) is 3.92. The van der Waals surface area contributed by atoms with Gasteiger partial charge in [0, 0.05) is 11.0 Å². The molecule has 1 aromatic carbocycles. The average Bonchev–Trinajstić information content (AvgIpc) is 2.63. The first-order valence-electron chi connectivity index (χ1n) is 5.17. The summed E-state index contributed by atoms with van der Waals surface area (Å²) in [6.07, 6.45) is -5.37. The molecule has 0 saturated carbocycles. The SMILES string of the molecule is CC(Oc1cc(Br)cc2c1NCC2)C(F)(F)F. The summed E-state index contributed by atoms with van der Waals surface area (Å²) >= 11 is 3.27. The van der Waals surface area contributed by atoms with E-state index in [1.54, 1.807) is 6.07 Å². The number of anilines is 1. The predicted molar refractivity (Wildman–Crippen MR) is 62.5 cm³/mol. The summed E-state index contributed by atoms with van der Waals surface area (Å²) in [6.45, 7) is 1.73. The Bertz CT molecular complexity index is 433. The zero-order chi connectivity index (χ0) is 12.6. The number of ether oxygens (including phenoxy) is 1. The Hall–Kier alpha value is -0.910. The van der Waals surface area contributed by atoms with Crippen molar-refractivity contribution >= 4 is 21.6 Å². The molecule has 0 aromatic heterocycles. The highest BCUT2D eigenvalue weighted by Gasteiger charge is 2.38. The number of benzene rings is 1. The molecule has 1 aliphatic heterocycles. The van der Waals surface area contributed by atoms with Crippen LogP contribution in [0.2, 0.25) is 0 Å². The van der Waals surface area contributed by atoms with E-state index in [1.165, 1.54) is 0 Å². The van der Waals surface area contributed by atoms with Crippen molar-refractivity contribution in [3.05, 3.63) is 22.2 Å². The Balaban J connectivity index is 2.27. The van der Waals surface area contributed by atoms with Crippen molar-refractivity contribution in [2.75, 3.05) is 11.9 Å². The fourth-order valence-corrected chi connectivity index (χ4v) is 2.19. The lowest BCUT2D eigenvalue weighted by atomic mass is 10.1. The monoisotopic (exact) mass is 309 g/mol. The minimum atomic E-state index is -4.35. The third-order valence-corrected chi connectivity index (χ3v) is 3.07. The Morgan fingerprint density at radius 2 is 2.12 bits per heavy atom. The number of rotatable bonds is 2. The minimum Gasteiger partial charge on any atom is -0.479 e. The molecular weight excluding hydrogens is 299 g/mol. The van der Waals surface area contributed by atoms with Gasteiger partial charge in [0.25, 0.3) is 0 Å². The zero-order valence-electron chi connectivity index (χ0n) is 9.07. The highest BCUT2D eigenvalue weighted by atomic mass is 79.9. The van der Waals surface area contributed by atoms with Gasteiger partial charge in [0.1, 0.15) is 5.75 Å². The highest BCUT2D eigenvalue weighted by Crippen LogP contribution is 2.38. The fourth-order valence-electron chi connectivity index (χ4n) is 1.71. The van der Waals surface area contributed by atoms with E-state index in [2.05, 4.69) is 21.2 Å². The van der Waals surface area contributed by atoms with Gasteiger partial charge in [-0.3, -0.25) is 0 Å². The van der Waals surface area contributed by atoms with Gasteiger partial charge in [-0.2, -0.15) is 13.2 Å². The number of alkyl halides is 3. The topological polar surface area (TPSA) is 21.3 Å². The highest BCUT2D eigenvalue weighted by molar-refractivity contribution is 9.10. The van der Waals surface area contributed by atoms with Gasteiger partial charge >= 0.3 is 6.18 Å². The van der Waals surface area contributed by atoms with Crippen molar-refractivity contribution in [3.63, 3.8) is 0 Å². The molecule has 0 aliphatic carbocycles.